The number of benzene rings is 3. The highest BCUT2D eigenvalue weighted by Crippen LogP contribution is 2.35. The van der Waals surface area contributed by atoms with Gasteiger partial charge >= 0.3 is 0 Å². The molecule has 0 N–H and O–H groups in total. The van der Waals surface area contributed by atoms with Crippen LogP contribution in [-0.2, 0) is 4.79 Å². The van der Waals surface area contributed by atoms with E-state index < -0.39 is 0 Å². The van der Waals surface area contributed by atoms with Crippen LogP contribution in [0.3, 0.4) is 0 Å². The Morgan fingerprint density at radius 2 is 1.68 bits per heavy atom. The van der Waals surface area contributed by atoms with Crippen LogP contribution in [0.5, 0.6) is 0 Å². The number of carbonyl (C=O) groups excluding carboxylic acids is 3. The van der Waals surface area contributed by atoms with E-state index in [1.807, 2.05) is 68.4 Å². The molecule has 0 unspecified atom stereocenters. The fourth-order valence-corrected chi connectivity index (χ4v) is 5.22. The Balaban J connectivity index is 1.36. The lowest BCUT2D eigenvalue weighted by Gasteiger charge is -2.22. The molecule has 6 nitrogen and oxygen atoms in total. The number of amides is 3. The third kappa shape index (κ3) is 3.88. The maximum absolute atomic E-state index is 13.5. The molecule has 0 atom stereocenters. The molecule has 0 radical (unpaired) electrons. The predicted octanol–water partition coefficient (Wildman–Crippen LogP) is 5.65. The SMILES string of the molecule is Cc1ccc2c(c1)C(=O)N(CCCC(=O)N(c1nc3ccccc3s1)c1ccccc1C)C2=O. The van der Waals surface area contributed by atoms with Crippen molar-refractivity contribution in [2.45, 2.75) is 26.7 Å². The Morgan fingerprint density at radius 3 is 2.47 bits per heavy atom. The van der Waals surface area contributed by atoms with Gasteiger partial charge in [-0.1, -0.05) is 53.3 Å². The highest BCUT2D eigenvalue weighted by atomic mass is 32.1. The average molecular weight is 470 g/mol. The summed E-state index contributed by atoms with van der Waals surface area (Å²) in [4.78, 5) is 46.6. The van der Waals surface area contributed by atoms with Gasteiger partial charge in [0.05, 0.1) is 27.0 Å². The van der Waals surface area contributed by atoms with Gasteiger partial charge in [0.2, 0.25) is 5.91 Å². The monoisotopic (exact) mass is 469 g/mol. The van der Waals surface area contributed by atoms with E-state index in [-0.39, 0.29) is 30.7 Å². The van der Waals surface area contributed by atoms with Gasteiger partial charge in [0.25, 0.3) is 11.8 Å². The van der Waals surface area contributed by atoms with Crippen molar-refractivity contribution in [1.82, 2.24) is 9.88 Å². The van der Waals surface area contributed by atoms with Gasteiger partial charge in [-0.2, -0.15) is 0 Å². The molecule has 34 heavy (non-hydrogen) atoms. The smallest absolute Gasteiger partial charge is 0.261 e. The first-order valence-electron chi connectivity index (χ1n) is 11.1. The number of anilines is 2. The van der Waals surface area contributed by atoms with Gasteiger partial charge in [0, 0.05) is 13.0 Å². The molecule has 4 aromatic rings. The van der Waals surface area contributed by atoms with Crippen molar-refractivity contribution in [3.05, 3.63) is 89.0 Å². The minimum Gasteiger partial charge on any atom is -0.274 e. The van der Waals surface area contributed by atoms with E-state index in [0.29, 0.717) is 22.7 Å². The van der Waals surface area contributed by atoms with Crippen molar-refractivity contribution in [2.24, 2.45) is 0 Å². The Morgan fingerprint density at radius 1 is 0.941 bits per heavy atom. The molecular weight excluding hydrogens is 446 g/mol. The van der Waals surface area contributed by atoms with Crippen LogP contribution in [0.4, 0.5) is 10.8 Å². The van der Waals surface area contributed by atoms with E-state index in [1.165, 1.54) is 16.2 Å². The van der Waals surface area contributed by atoms with Crippen LogP contribution < -0.4 is 4.90 Å². The zero-order chi connectivity index (χ0) is 23.8. The molecule has 1 aromatic heterocycles. The Kier molecular flexibility index (Phi) is 5.71. The van der Waals surface area contributed by atoms with Crippen LogP contribution in [0.25, 0.3) is 10.2 Å². The number of thiazole rings is 1. The summed E-state index contributed by atoms with van der Waals surface area (Å²) in [6, 6.07) is 20.8. The minimum atomic E-state index is -0.297. The van der Waals surface area contributed by atoms with Crippen molar-refractivity contribution in [3.8, 4) is 0 Å². The van der Waals surface area contributed by atoms with Crippen LogP contribution in [0.15, 0.2) is 66.7 Å². The van der Waals surface area contributed by atoms with E-state index >= 15 is 0 Å². The number of hydrogen-bond donors (Lipinski definition) is 0. The second kappa shape index (κ2) is 8.83. The molecule has 5 rings (SSSR count). The van der Waals surface area contributed by atoms with Gasteiger partial charge in [-0.3, -0.25) is 24.2 Å². The van der Waals surface area contributed by atoms with Crippen LogP contribution in [0.1, 0.15) is 44.7 Å². The second-order valence-electron chi connectivity index (χ2n) is 8.39. The molecular formula is C27H23N3O3S. The lowest BCUT2D eigenvalue weighted by Crippen LogP contribution is -2.32. The largest absolute Gasteiger partial charge is 0.274 e. The summed E-state index contributed by atoms with van der Waals surface area (Å²) in [6.45, 7) is 4.05. The second-order valence-corrected chi connectivity index (χ2v) is 9.40. The summed E-state index contributed by atoms with van der Waals surface area (Å²) < 4.78 is 1.00. The predicted molar refractivity (Wildman–Crippen MR) is 134 cm³/mol. The van der Waals surface area contributed by atoms with Crippen molar-refractivity contribution >= 4 is 50.1 Å². The zero-order valence-electron chi connectivity index (χ0n) is 18.9. The minimum absolute atomic E-state index is 0.124. The molecule has 0 bridgehead atoms. The van der Waals surface area contributed by atoms with Crippen molar-refractivity contribution in [2.75, 3.05) is 11.4 Å². The molecule has 1 aliphatic rings. The Labute approximate surface area is 201 Å². The van der Waals surface area contributed by atoms with E-state index in [2.05, 4.69) is 0 Å². The summed E-state index contributed by atoms with van der Waals surface area (Å²) in [6.07, 6.45) is 0.549. The summed E-state index contributed by atoms with van der Waals surface area (Å²) in [5, 5.41) is 0.608. The first-order valence-corrected chi connectivity index (χ1v) is 12.0. The third-order valence-corrected chi connectivity index (χ3v) is 7.00. The summed E-state index contributed by atoms with van der Waals surface area (Å²) in [5.41, 5.74) is 4.38. The molecule has 7 heteroatoms. The van der Waals surface area contributed by atoms with E-state index in [4.69, 9.17) is 4.98 Å². The maximum atomic E-state index is 13.5. The standard InChI is InChI=1S/C27H23N3O3S/c1-17-13-14-19-20(16-17)26(33)29(25(19)32)15-7-12-24(31)30(22-10-5-3-8-18(22)2)27-28-21-9-4-6-11-23(21)34-27/h3-6,8-11,13-14,16H,7,12,15H2,1-2H3. The van der Waals surface area contributed by atoms with E-state index in [0.717, 1.165) is 27.0 Å². The number of aromatic nitrogens is 1. The number of fused-ring (bicyclic) bond motifs is 2. The Hall–Kier alpha value is -3.84. The lowest BCUT2D eigenvalue weighted by molar-refractivity contribution is -0.118. The normalized spacial score (nSPS) is 12.9. The molecule has 0 aliphatic carbocycles. The quantitative estimate of drug-likeness (QED) is 0.342. The molecule has 1 aliphatic heterocycles. The molecule has 170 valence electrons. The molecule has 0 spiro atoms. The van der Waals surface area contributed by atoms with Crippen LogP contribution in [-0.4, -0.2) is 34.2 Å². The van der Waals surface area contributed by atoms with Crippen molar-refractivity contribution in [1.29, 1.82) is 0 Å². The lowest BCUT2D eigenvalue weighted by atomic mass is 10.1. The number of para-hydroxylation sites is 2. The average Bonchev–Trinajstić information content (AvgIpc) is 3.35. The topological polar surface area (TPSA) is 70.6 Å². The van der Waals surface area contributed by atoms with Gasteiger partial charge in [0.1, 0.15) is 0 Å². The zero-order valence-corrected chi connectivity index (χ0v) is 19.8. The fourth-order valence-electron chi connectivity index (χ4n) is 4.22. The number of carbonyl (C=O) groups is 3. The number of rotatable bonds is 6. The molecule has 3 amide bonds. The molecule has 0 fully saturated rings. The van der Waals surface area contributed by atoms with Crippen LogP contribution in [0, 0.1) is 13.8 Å². The van der Waals surface area contributed by atoms with E-state index in [9.17, 15) is 14.4 Å². The molecule has 2 heterocycles. The van der Waals surface area contributed by atoms with Gasteiger partial charge in [-0.15, -0.1) is 0 Å². The summed E-state index contributed by atoms with van der Waals surface area (Å²) in [5.74, 6) is -0.715. The van der Waals surface area contributed by atoms with Crippen LogP contribution in [0.2, 0.25) is 0 Å². The van der Waals surface area contributed by atoms with E-state index in [1.54, 1.807) is 17.0 Å². The van der Waals surface area contributed by atoms with Gasteiger partial charge in [-0.25, -0.2) is 4.98 Å². The third-order valence-electron chi connectivity index (χ3n) is 5.98. The highest BCUT2D eigenvalue weighted by Gasteiger charge is 2.35. The van der Waals surface area contributed by atoms with Gasteiger partial charge < -0.3 is 0 Å². The first kappa shape index (κ1) is 22.0. The Bertz CT molecular complexity index is 1410. The summed E-state index contributed by atoms with van der Waals surface area (Å²) in [7, 11) is 0. The molecule has 0 saturated carbocycles. The highest BCUT2D eigenvalue weighted by molar-refractivity contribution is 7.22. The fraction of sp³-hybridized carbons (Fsp3) is 0.185. The van der Waals surface area contributed by atoms with Crippen molar-refractivity contribution < 1.29 is 14.4 Å². The van der Waals surface area contributed by atoms with Gasteiger partial charge in [0.15, 0.2) is 5.13 Å². The maximum Gasteiger partial charge on any atom is 0.261 e. The first-order chi connectivity index (χ1) is 16.4. The number of hydrogen-bond acceptors (Lipinski definition) is 5. The van der Waals surface area contributed by atoms with Crippen molar-refractivity contribution in [3.63, 3.8) is 0 Å². The number of aryl methyl sites for hydroxylation is 2. The molecule has 0 saturated heterocycles. The summed E-state index contributed by atoms with van der Waals surface area (Å²) >= 11 is 1.47. The number of nitrogens with zero attached hydrogens (tertiary/aromatic N) is 3. The number of imide groups is 1. The molecule has 3 aromatic carbocycles. The van der Waals surface area contributed by atoms with Gasteiger partial charge in [-0.05, 0) is 56.2 Å². The van der Waals surface area contributed by atoms with Crippen LogP contribution >= 0.6 is 11.3 Å².